The SMILES string of the molecule is C#CC(OC(=O)C1C(C=C(Cl)Cl)C1(C)C)C(C)=CCc1ccccc1. The zero-order valence-corrected chi connectivity index (χ0v) is 16.1. The van der Waals surface area contributed by atoms with Crippen LogP contribution in [0.3, 0.4) is 0 Å². The maximum Gasteiger partial charge on any atom is 0.311 e. The number of hydrogen-bond acceptors (Lipinski definition) is 2. The van der Waals surface area contributed by atoms with Crippen molar-refractivity contribution in [1.29, 1.82) is 0 Å². The Bertz CT molecular complexity index is 722. The van der Waals surface area contributed by atoms with Gasteiger partial charge in [0.2, 0.25) is 0 Å². The minimum Gasteiger partial charge on any atom is -0.444 e. The lowest BCUT2D eigenvalue weighted by atomic mass is 10.1. The van der Waals surface area contributed by atoms with Crippen molar-refractivity contribution in [3.05, 3.63) is 58.1 Å². The Morgan fingerprint density at radius 3 is 2.56 bits per heavy atom. The summed E-state index contributed by atoms with van der Waals surface area (Å²) in [6.45, 7) is 5.85. The van der Waals surface area contributed by atoms with Crippen molar-refractivity contribution < 1.29 is 9.53 Å². The Morgan fingerprint density at radius 1 is 1.36 bits per heavy atom. The van der Waals surface area contributed by atoms with Crippen molar-refractivity contribution >= 4 is 29.2 Å². The summed E-state index contributed by atoms with van der Waals surface area (Å²) in [5.41, 5.74) is 1.79. The minimum absolute atomic E-state index is 0.0305. The summed E-state index contributed by atoms with van der Waals surface area (Å²) in [5, 5.41) is 0. The average Bonchev–Trinajstić information content (AvgIpc) is 3.10. The molecule has 1 fully saturated rings. The molecule has 0 bridgehead atoms. The van der Waals surface area contributed by atoms with E-state index in [1.165, 1.54) is 5.56 Å². The van der Waals surface area contributed by atoms with Gasteiger partial charge >= 0.3 is 5.97 Å². The first-order valence-corrected chi connectivity index (χ1v) is 8.93. The number of rotatable bonds is 6. The molecule has 1 aromatic carbocycles. The molecule has 2 nitrogen and oxygen atoms in total. The van der Waals surface area contributed by atoms with Crippen LogP contribution in [0.25, 0.3) is 0 Å². The first-order chi connectivity index (χ1) is 11.8. The fraction of sp³-hybridized carbons (Fsp3) is 0.381. The minimum atomic E-state index is -0.663. The predicted molar refractivity (Wildman–Crippen MR) is 103 cm³/mol. The Kier molecular flexibility index (Phi) is 6.38. The number of carbonyl (C=O) groups excluding carboxylic acids is 1. The Balaban J connectivity index is 2.01. The number of allylic oxidation sites excluding steroid dienone is 2. The highest BCUT2D eigenvalue weighted by molar-refractivity contribution is 6.55. The zero-order valence-electron chi connectivity index (χ0n) is 14.6. The predicted octanol–water partition coefficient (Wildman–Crippen LogP) is 5.31. The molecule has 1 aliphatic rings. The molecule has 25 heavy (non-hydrogen) atoms. The second-order valence-electron chi connectivity index (χ2n) is 6.90. The molecule has 0 radical (unpaired) electrons. The van der Waals surface area contributed by atoms with Crippen LogP contribution in [0.1, 0.15) is 26.3 Å². The van der Waals surface area contributed by atoms with Crippen LogP contribution in [0.2, 0.25) is 0 Å². The Hall–Kier alpha value is -1.69. The van der Waals surface area contributed by atoms with E-state index in [0.717, 1.165) is 12.0 Å². The largest absolute Gasteiger partial charge is 0.444 e. The van der Waals surface area contributed by atoms with E-state index in [-0.39, 0.29) is 27.7 Å². The summed E-state index contributed by atoms with van der Waals surface area (Å²) in [4.78, 5) is 12.5. The lowest BCUT2D eigenvalue weighted by Crippen LogP contribution is -2.20. The summed E-state index contributed by atoms with van der Waals surface area (Å²) >= 11 is 11.5. The lowest BCUT2D eigenvalue weighted by Gasteiger charge is -2.14. The van der Waals surface area contributed by atoms with Gasteiger partial charge in [-0.15, -0.1) is 6.42 Å². The normalized spacial score (nSPS) is 22.5. The molecule has 3 unspecified atom stereocenters. The van der Waals surface area contributed by atoms with E-state index in [9.17, 15) is 4.79 Å². The van der Waals surface area contributed by atoms with Crippen molar-refractivity contribution in [3.63, 3.8) is 0 Å². The van der Waals surface area contributed by atoms with Gasteiger partial charge in [-0.2, -0.15) is 0 Å². The van der Waals surface area contributed by atoms with Crippen LogP contribution in [0, 0.1) is 29.6 Å². The molecule has 0 saturated heterocycles. The smallest absolute Gasteiger partial charge is 0.311 e. The van der Waals surface area contributed by atoms with Gasteiger partial charge in [0.25, 0.3) is 0 Å². The molecule has 3 atom stereocenters. The molecule has 0 aliphatic heterocycles. The molecule has 0 heterocycles. The first-order valence-electron chi connectivity index (χ1n) is 8.17. The van der Waals surface area contributed by atoms with Crippen molar-refractivity contribution in [2.45, 2.75) is 33.3 Å². The van der Waals surface area contributed by atoms with E-state index >= 15 is 0 Å². The maximum atomic E-state index is 12.5. The lowest BCUT2D eigenvalue weighted by molar-refractivity contribution is -0.147. The van der Waals surface area contributed by atoms with Crippen molar-refractivity contribution in [2.75, 3.05) is 0 Å². The van der Waals surface area contributed by atoms with Gasteiger partial charge in [0.15, 0.2) is 6.10 Å². The van der Waals surface area contributed by atoms with Crippen LogP contribution in [0.5, 0.6) is 0 Å². The molecule has 0 spiro atoms. The van der Waals surface area contributed by atoms with Crippen LogP contribution >= 0.6 is 23.2 Å². The second kappa shape index (κ2) is 8.13. The van der Waals surface area contributed by atoms with E-state index in [2.05, 4.69) is 5.92 Å². The van der Waals surface area contributed by atoms with Crippen molar-refractivity contribution in [1.82, 2.24) is 0 Å². The second-order valence-corrected chi connectivity index (χ2v) is 7.91. The van der Waals surface area contributed by atoms with Gasteiger partial charge < -0.3 is 4.74 Å². The quantitative estimate of drug-likeness (QED) is 0.381. The van der Waals surface area contributed by atoms with Gasteiger partial charge in [0.05, 0.1) is 5.92 Å². The van der Waals surface area contributed by atoms with Gasteiger partial charge in [0, 0.05) is 0 Å². The van der Waals surface area contributed by atoms with Crippen molar-refractivity contribution in [2.24, 2.45) is 17.3 Å². The van der Waals surface area contributed by atoms with Crippen molar-refractivity contribution in [3.8, 4) is 12.3 Å². The van der Waals surface area contributed by atoms with E-state index in [1.807, 2.05) is 57.2 Å². The third-order valence-corrected chi connectivity index (χ3v) is 5.02. The van der Waals surface area contributed by atoms with E-state index in [1.54, 1.807) is 6.08 Å². The number of hydrogen-bond donors (Lipinski definition) is 0. The van der Waals surface area contributed by atoms with Gasteiger partial charge in [-0.3, -0.25) is 4.79 Å². The Morgan fingerprint density at radius 2 is 2.00 bits per heavy atom. The number of halogens is 2. The molecular weight excluding hydrogens is 355 g/mol. The zero-order chi connectivity index (χ0) is 18.6. The van der Waals surface area contributed by atoms with Crippen LogP contribution in [0.4, 0.5) is 0 Å². The third-order valence-electron chi connectivity index (χ3n) is 4.77. The number of terminal acetylenes is 1. The van der Waals surface area contributed by atoms with Gasteiger partial charge in [-0.25, -0.2) is 0 Å². The fourth-order valence-electron chi connectivity index (χ4n) is 3.02. The maximum absolute atomic E-state index is 12.5. The van der Waals surface area contributed by atoms with E-state index in [0.29, 0.717) is 0 Å². The fourth-order valence-corrected chi connectivity index (χ4v) is 3.29. The molecule has 2 rings (SSSR count). The monoisotopic (exact) mass is 376 g/mol. The average molecular weight is 377 g/mol. The van der Waals surface area contributed by atoms with Crippen LogP contribution in [-0.4, -0.2) is 12.1 Å². The first kappa shape index (κ1) is 19.6. The van der Waals surface area contributed by atoms with Gasteiger partial charge in [0.1, 0.15) is 4.49 Å². The molecule has 0 N–H and O–H groups in total. The summed E-state index contributed by atoms with van der Waals surface area (Å²) in [6, 6.07) is 10.0. The van der Waals surface area contributed by atoms with Crippen LogP contribution < -0.4 is 0 Å². The number of benzene rings is 1. The molecule has 0 amide bonds. The third kappa shape index (κ3) is 4.91. The molecule has 1 saturated carbocycles. The highest BCUT2D eigenvalue weighted by Gasteiger charge is 2.61. The Labute approximate surface area is 159 Å². The van der Waals surface area contributed by atoms with Gasteiger partial charge in [-0.1, -0.05) is 79.4 Å². The topological polar surface area (TPSA) is 26.3 Å². The highest BCUT2D eigenvalue weighted by atomic mass is 35.5. The molecule has 1 aromatic rings. The standard InChI is InChI=1S/C21H22Cl2O2/c1-5-17(14(2)11-12-15-9-7-6-8-10-15)25-20(24)19-16(13-18(22)23)21(19,3)4/h1,6-11,13,16-17,19H,12H2,2-4H3. The highest BCUT2D eigenvalue weighted by Crippen LogP contribution is 2.60. The molecular formula is C21H22Cl2O2. The summed E-state index contributed by atoms with van der Waals surface area (Å²) in [6.07, 6.45) is 9.34. The summed E-state index contributed by atoms with van der Waals surface area (Å²) in [5.74, 6) is 1.94. The molecule has 0 aromatic heterocycles. The molecule has 1 aliphatic carbocycles. The van der Waals surface area contributed by atoms with E-state index < -0.39 is 6.10 Å². The molecule has 132 valence electrons. The number of esters is 1. The number of carbonyl (C=O) groups is 1. The number of ether oxygens (including phenoxy) is 1. The summed E-state index contributed by atoms with van der Waals surface area (Å²) in [7, 11) is 0. The van der Waals surface area contributed by atoms with Gasteiger partial charge in [-0.05, 0) is 41.9 Å². The summed E-state index contributed by atoms with van der Waals surface area (Å²) < 4.78 is 5.73. The van der Waals surface area contributed by atoms with E-state index in [4.69, 9.17) is 34.4 Å². The molecule has 4 heteroatoms. The van der Waals surface area contributed by atoms with Crippen LogP contribution in [0.15, 0.2) is 52.5 Å². The van der Waals surface area contributed by atoms with Crippen LogP contribution in [-0.2, 0) is 16.0 Å².